The number of rotatable bonds is 5. The predicted octanol–water partition coefficient (Wildman–Crippen LogP) is 3.00. The molecule has 2 nitrogen and oxygen atoms in total. The molecule has 0 heterocycles. The molecule has 15 heavy (non-hydrogen) atoms. The molecule has 0 saturated heterocycles. The van der Waals surface area contributed by atoms with Crippen molar-refractivity contribution in [1.82, 2.24) is 5.32 Å². The molecule has 1 rings (SSSR count). The first-order chi connectivity index (χ1) is 7.13. The molecular formula is C12H18BrNO. The summed E-state index contributed by atoms with van der Waals surface area (Å²) >= 11 is 3.48. The van der Waals surface area contributed by atoms with Gasteiger partial charge in [-0.3, -0.25) is 0 Å². The third-order valence-electron chi connectivity index (χ3n) is 2.18. The van der Waals surface area contributed by atoms with Crippen molar-refractivity contribution in [2.24, 2.45) is 0 Å². The van der Waals surface area contributed by atoms with E-state index in [0.29, 0.717) is 6.04 Å². The van der Waals surface area contributed by atoms with Gasteiger partial charge in [0.25, 0.3) is 0 Å². The lowest BCUT2D eigenvalue weighted by Crippen LogP contribution is -2.24. The Morgan fingerprint density at radius 1 is 1.40 bits per heavy atom. The fourth-order valence-corrected chi connectivity index (χ4v) is 1.96. The summed E-state index contributed by atoms with van der Waals surface area (Å²) in [5.74, 6) is 0.885. The maximum Gasteiger partial charge on any atom is 0.133 e. The molecule has 0 unspecified atom stereocenters. The third-order valence-corrected chi connectivity index (χ3v) is 2.80. The summed E-state index contributed by atoms with van der Waals surface area (Å²) in [6, 6.07) is 6.76. The largest absolute Gasteiger partial charge is 0.496 e. The van der Waals surface area contributed by atoms with Crippen molar-refractivity contribution >= 4 is 15.9 Å². The fourth-order valence-electron chi connectivity index (χ4n) is 1.37. The Hall–Kier alpha value is -0.540. The molecule has 0 aliphatic rings. The van der Waals surface area contributed by atoms with Crippen molar-refractivity contribution in [3.05, 3.63) is 28.2 Å². The van der Waals surface area contributed by atoms with Gasteiger partial charge in [0.1, 0.15) is 5.75 Å². The highest BCUT2D eigenvalue weighted by atomic mass is 79.9. The van der Waals surface area contributed by atoms with Crippen LogP contribution in [0.2, 0.25) is 0 Å². The summed E-state index contributed by atoms with van der Waals surface area (Å²) in [5, 5.41) is 3.40. The molecule has 0 amide bonds. The Morgan fingerprint density at radius 3 is 2.67 bits per heavy atom. The molecular weight excluding hydrogens is 254 g/mol. The van der Waals surface area contributed by atoms with Crippen LogP contribution in [-0.4, -0.2) is 19.7 Å². The van der Waals surface area contributed by atoms with Gasteiger partial charge in [-0.15, -0.1) is 0 Å². The summed E-state index contributed by atoms with van der Waals surface area (Å²) in [5.41, 5.74) is 1.32. The maximum atomic E-state index is 5.18. The van der Waals surface area contributed by atoms with Crippen LogP contribution in [0.15, 0.2) is 22.7 Å². The van der Waals surface area contributed by atoms with E-state index in [4.69, 9.17) is 4.74 Å². The Labute approximate surface area is 100 Å². The lowest BCUT2D eigenvalue weighted by atomic mass is 10.1. The molecule has 0 fully saturated rings. The molecule has 0 atom stereocenters. The van der Waals surface area contributed by atoms with Gasteiger partial charge in [0.05, 0.1) is 11.6 Å². The molecule has 0 aromatic heterocycles. The van der Waals surface area contributed by atoms with Gasteiger partial charge in [0.15, 0.2) is 0 Å². The van der Waals surface area contributed by atoms with Crippen molar-refractivity contribution < 1.29 is 4.74 Å². The zero-order chi connectivity index (χ0) is 11.3. The van der Waals surface area contributed by atoms with Gasteiger partial charge < -0.3 is 10.1 Å². The van der Waals surface area contributed by atoms with Crippen LogP contribution < -0.4 is 10.1 Å². The van der Waals surface area contributed by atoms with Gasteiger partial charge in [0.2, 0.25) is 0 Å². The Balaban J connectivity index is 2.52. The molecule has 0 radical (unpaired) electrons. The van der Waals surface area contributed by atoms with E-state index in [-0.39, 0.29) is 0 Å². The highest BCUT2D eigenvalue weighted by Crippen LogP contribution is 2.25. The Morgan fingerprint density at radius 2 is 2.13 bits per heavy atom. The smallest absolute Gasteiger partial charge is 0.133 e. The zero-order valence-electron chi connectivity index (χ0n) is 9.51. The number of halogens is 1. The standard InChI is InChI=1S/C12H18BrNO/c1-9(2)14-7-6-10-4-5-12(15-3)11(13)8-10/h4-5,8-9,14H,6-7H2,1-3H3. The second-order valence-corrected chi connectivity index (χ2v) is 4.68. The number of methoxy groups -OCH3 is 1. The molecule has 1 aromatic carbocycles. The van der Waals surface area contributed by atoms with Gasteiger partial charge in [-0.2, -0.15) is 0 Å². The molecule has 0 spiro atoms. The van der Waals surface area contributed by atoms with E-state index < -0.39 is 0 Å². The first kappa shape index (κ1) is 12.5. The minimum Gasteiger partial charge on any atom is -0.496 e. The average molecular weight is 272 g/mol. The predicted molar refractivity (Wildman–Crippen MR) is 67.5 cm³/mol. The van der Waals surface area contributed by atoms with E-state index in [1.165, 1.54) is 5.56 Å². The van der Waals surface area contributed by atoms with Crippen LogP contribution >= 0.6 is 15.9 Å². The van der Waals surface area contributed by atoms with Crippen molar-refractivity contribution in [3.8, 4) is 5.75 Å². The van der Waals surface area contributed by atoms with Crippen LogP contribution in [-0.2, 0) is 6.42 Å². The maximum absolute atomic E-state index is 5.18. The SMILES string of the molecule is COc1ccc(CCNC(C)C)cc1Br. The van der Waals surface area contributed by atoms with Crippen molar-refractivity contribution in [2.45, 2.75) is 26.3 Å². The topological polar surface area (TPSA) is 21.3 Å². The first-order valence-corrected chi connectivity index (χ1v) is 5.98. The lowest BCUT2D eigenvalue weighted by molar-refractivity contribution is 0.412. The van der Waals surface area contributed by atoms with Crippen LogP contribution in [0.3, 0.4) is 0 Å². The van der Waals surface area contributed by atoms with Gasteiger partial charge in [-0.05, 0) is 46.6 Å². The second kappa shape index (κ2) is 6.13. The fraction of sp³-hybridized carbons (Fsp3) is 0.500. The van der Waals surface area contributed by atoms with E-state index in [9.17, 15) is 0 Å². The van der Waals surface area contributed by atoms with Crippen LogP contribution in [0.5, 0.6) is 5.75 Å². The Kier molecular flexibility index (Phi) is 5.12. The van der Waals surface area contributed by atoms with Crippen molar-refractivity contribution in [3.63, 3.8) is 0 Å². The molecule has 0 aliphatic carbocycles. The van der Waals surface area contributed by atoms with E-state index >= 15 is 0 Å². The van der Waals surface area contributed by atoms with Crippen molar-refractivity contribution in [1.29, 1.82) is 0 Å². The minimum atomic E-state index is 0.548. The van der Waals surface area contributed by atoms with Crippen LogP contribution in [0.1, 0.15) is 19.4 Å². The summed E-state index contributed by atoms with van der Waals surface area (Å²) in [6.45, 7) is 5.32. The summed E-state index contributed by atoms with van der Waals surface area (Å²) in [4.78, 5) is 0. The minimum absolute atomic E-state index is 0.548. The van der Waals surface area contributed by atoms with Gasteiger partial charge in [0, 0.05) is 6.04 Å². The number of nitrogens with one attached hydrogen (secondary N) is 1. The van der Waals surface area contributed by atoms with E-state index in [1.54, 1.807) is 7.11 Å². The van der Waals surface area contributed by atoms with Gasteiger partial charge in [-0.1, -0.05) is 19.9 Å². The molecule has 0 saturated carbocycles. The van der Waals surface area contributed by atoms with E-state index in [2.05, 4.69) is 47.2 Å². The van der Waals surface area contributed by atoms with Gasteiger partial charge in [-0.25, -0.2) is 0 Å². The van der Waals surface area contributed by atoms with Crippen LogP contribution in [0.4, 0.5) is 0 Å². The third kappa shape index (κ3) is 4.22. The molecule has 1 N–H and O–H groups in total. The lowest BCUT2D eigenvalue weighted by Gasteiger charge is -2.09. The number of ether oxygens (including phenoxy) is 1. The normalized spacial score (nSPS) is 10.7. The van der Waals surface area contributed by atoms with E-state index in [1.807, 2.05) is 6.07 Å². The summed E-state index contributed by atoms with van der Waals surface area (Å²) < 4.78 is 6.20. The highest BCUT2D eigenvalue weighted by molar-refractivity contribution is 9.10. The average Bonchev–Trinajstić information content (AvgIpc) is 2.17. The summed E-state index contributed by atoms with van der Waals surface area (Å²) in [6.07, 6.45) is 1.04. The second-order valence-electron chi connectivity index (χ2n) is 3.83. The monoisotopic (exact) mass is 271 g/mol. The molecule has 3 heteroatoms. The molecule has 0 bridgehead atoms. The number of hydrogen-bond donors (Lipinski definition) is 1. The van der Waals surface area contributed by atoms with Gasteiger partial charge >= 0.3 is 0 Å². The van der Waals surface area contributed by atoms with E-state index in [0.717, 1.165) is 23.2 Å². The number of benzene rings is 1. The van der Waals surface area contributed by atoms with Crippen molar-refractivity contribution in [2.75, 3.05) is 13.7 Å². The van der Waals surface area contributed by atoms with Crippen LogP contribution in [0, 0.1) is 0 Å². The molecule has 84 valence electrons. The summed E-state index contributed by atoms with van der Waals surface area (Å²) in [7, 11) is 1.68. The highest BCUT2D eigenvalue weighted by Gasteiger charge is 2.01. The zero-order valence-corrected chi connectivity index (χ0v) is 11.1. The molecule has 0 aliphatic heterocycles. The quantitative estimate of drug-likeness (QED) is 0.889. The first-order valence-electron chi connectivity index (χ1n) is 5.19. The van der Waals surface area contributed by atoms with Crippen LogP contribution in [0.25, 0.3) is 0 Å². The Bertz CT molecular complexity index is 312. The number of hydrogen-bond acceptors (Lipinski definition) is 2. The molecule has 1 aromatic rings.